The molecular formula is C22H35NO5. The van der Waals surface area contributed by atoms with Gasteiger partial charge in [-0.2, -0.15) is 0 Å². The van der Waals surface area contributed by atoms with Gasteiger partial charge in [0.05, 0.1) is 30.5 Å². The van der Waals surface area contributed by atoms with Crippen molar-refractivity contribution in [3.05, 3.63) is 0 Å². The second-order valence-electron chi connectivity index (χ2n) is 11.0. The van der Waals surface area contributed by atoms with E-state index in [0.717, 1.165) is 38.8 Å². The van der Waals surface area contributed by atoms with Gasteiger partial charge in [0, 0.05) is 54.7 Å². The lowest BCUT2D eigenvalue weighted by Crippen LogP contribution is -2.76. The molecule has 6 nitrogen and oxygen atoms in total. The van der Waals surface area contributed by atoms with E-state index in [9.17, 15) is 20.4 Å². The van der Waals surface area contributed by atoms with Gasteiger partial charge in [-0.1, -0.05) is 6.92 Å². The predicted octanol–water partition coefficient (Wildman–Crippen LogP) is 0.223. The Bertz CT molecular complexity index is 690. The van der Waals surface area contributed by atoms with Crippen LogP contribution >= 0.6 is 0 Å². The normalized spacial score (nSPS) is 64.3. The molecule has 5 aliphatic carbocycles. The van der Waals surface area contributed by atoms with Crippen LogP contribution in [0.2, 0.25) is 0 Å². The van der Waals surface area contributed by atoms with E-state index < -0.39 is 17.8 Å². The zero-order valence-electron chi connectivity index (χ0n) is 17.0. The number of ether oxygens (including phenoxy) is 1. The Morgan fingerprint density at radius 2 is 1.96 bits per heavy atom. The molecule has 1 heterocycles. The number of nitrogens with zero attached hydrogens (tertiary/aromatic N) is 1. The number of aliphatic hydroxyl groups is 4. The van der Waals surface area contributed by atoms with Crippen molar-refractivity contribution in [2.75, 3.05) is 26.8 Å². The predicted molar refractivity (Wildman–Crippen MR) is 101 cm³/mol. The lowest BCUT2D eigenvalue weighted by molar-refractivity contribution is -0.271. The van der Waals surface area contributed by atoms with E-state index in [4.69, 9.17) is 4.74 Å². The van der Waals surface area contributed by atoms with Crippen LogP contribution in [0, 0.1) is 40.4 Å². The molecule has 1 saturated heterocycles. The quantitative estimate of drug-likeness (QED) is 0.548. The molecule has 0 aromatic heterocycles. The van der Waals surface area contributed by atoms with Gasteiger partial charge in [0.2, 0.25) is 0 Å². The van der Waals surface area contributed by atoms with Crippen LogP contribution in [0.4, 0.5) is 0 Å². The summed E-state index contributed by atoms with van der Waals surface area (Å²) in [6, 6.07) is 0.144. The van der Waals surface area contributed by atoms with Gasteiger partial charge < -0.3 is 25.2 Å². The van der Waals surface area contributed by atoms with E-state index in [1.165, 1.54) is 0 Å². The average molecular weight is 394 g/mol. The Morgan fingerprint density at radius 3 is 2.64 bits per heavy atom. The maximum Gasteiger partial charge on any atom is 0.0771 e. The summed E-state index contributed by atoms with van der Waals surface area (Å²) in [4.78, 5) is 2.47. The van der Waals surface area contributed by atoms with E-state index in [-0.39, 0.29) is 59.2 Å². The zero-order chi connectivity index (χ0) is 19.6. The van der Waals surface area contributed by atoms with E-state index in [1.54, 1.807) is 7.11 Å². The third kappa shape index (κ3) is 1.69. The molecular weight excluding hydrogens is 358 g/mol. The monoisotopic (exact) mass is 393 g/mol. The Kier molecular flexibility index (Phi) is 3.65. The summed E-state index contributed by atoms with van der Waals surface area (Å²) in [6.45, 7) is 4.06. The summed E-state index contributed by atoms with van der Waals surface area (Å²) in [7, 11) is 1.70. The molecule has 0 aromatic carbocycles. The first-order chi connectivity index (χ1) is 13.4. The topological polar surface area (TPSA) is 93.4 Å². The number of piperidine rings is 1. The average Bonchev–Trinajstić information content (AvgIpc) is 3.11. The molecule has 158 valence electrons. The molecule has 1 unspecified atom stereocenters. The van der Waals surface area contributed by atoms with Gasteiger partial charge in [0.1, 0.15) is 0 Å². The minimum Gasteiger partial charge on any atom is -0.396 e. The van der Waals surface area contributed by atoms with Gasteiger partial charge in [-0.25, -0.2) is 0 Å². The molecule has 5 saturated carbocycles. The number of hydrogen-bond acceptors (Lipinski definition) is 6. The number of fused-ring (bicyclic) bond motifs is 2. The van der Waals surface area contributed by atoms with Crippen molar-refractivity contribution in [3.8, 4) is 0 Å². The standard InChI is InChI=1S/C22H35NO5/c1-3-23-9-20(10-24)5-4-16(25)22-12-6-11-14(28-2)8-21(27,17(12)18(11)26)13(19(22)23)7-15(20)22/h11-19,24-27H,3-10H2,1-2H3/t11-,12-,13+,14+,15-,16+,17-,18+,19?,20+,21+,22-/m1/s1. The molecule has 6 fully saturated rings. The molecule has 1 aliphatic heterocycles. The largest absolute Gasteiger partial charge is 0.396 e. The molecule has 0 amide bonds. The molecule has 4 N–H and O–H groups in total. The van der Waals surface area contributed by atoms with Crippen LogP contribution in [-0.2, 0) is 4.74 Å². The van der Waals surface area contributed by atoms with Crippen molar-refractivity contribution in [2.45, 2.75) is 69.0 Å². The Morgan fingerprint density at radius 1 is 1.18 bits per heavy atom. The highest BCUT2D eigenvalue weighted by atomic mass is 16.5. The van der Waals surface area contributed by atoms with Gasteiger partial charge in [-0.3, -0.25) is 4.90 Å². The molecule has 0 radical (unpaired) electrons. The lowest BCUT2D eigenvalue weighted by atomic mass is 9.43. The van der Waals surface area contributed by atoms with Gasteiger partial charge in [0.25, 0.3) is 0 Å². The van der Waals surface area contributed by atoms with Crippen LogP contribution in [0.3, 0.4) is 0 Å². The Labute approximate surface area is 166 Å². The van der Waals surface area contributed by atoms with Crippen molar-refractivity contribution < 1.29 is 25.2 Å². The first-order valence-corrected chi connectivity index (χ1v) is 11.3. The fraction of sp³-hybridized carbons (Fsp3) is 1.00. The summed E-state index contributed by atoms with van der Waals surface area (Å²) < 4.78 is 5.77. The van der Waals surface area contributed by atoms with Crippen LogP contribution in [0.15, 0.2) is 0 Å². The molecule has 6 aliphatic rings. The zero-order valence-corrected chi connectivity index (χ0v) is 17.0. The van der Waals surface area contributed by atoms with Gasteiger partial charge in [0.15, 0.2) is 0 Å². The van der Waals surface area contributed by atoms with Crippen molar-refractivity contribution >= 4 is 0 Å². The van der Waals surface area contributed by atoms with Crippen molar-refractivity contribution in [2.24, 2.45) is 40.4 Å². The number of rotatable bonds is 3. The number of hydrogen-bond donors (Lipinski definition) is 4. The number of likely N-dealkylation sites (tertiary alicyclic amines) is 1. The van der Waals surface area contributed by atoms with Crippen LogP contribution in [0.25, 0.3) is 0 Å². The van der Waals surface area contributed by atoms with E-state index in [2.05, 4.69) is 11.8 Å². The Balaban J connectivity index is 1.59. The first-order valence-electron chi connectivity index (χ1n) is 11.3. The van der Waals surface area contributed by atoms with Crippen molar-refractivity contribution in [3.63, 3.8) is 0 Å². The smallest absolute Gasteiger partial charge is 0.0771 e. The fourth-order valence-electron chi connectivity index (χ4n) is 10.1. The molecule has 7 bridgehead atoms. The summed E-state index contributed by atoms with van der Waals surface area (Å²) in [6.07, 6.45) is 2.77. The first kappa shape index (κ1) is 18.5. The van der Waals surface area contributed by atoms with Gasteiger partial charge in [-0.05, 0) is 44.1 Å². The molecule has 6 rings (SSSR count). The number of methoxy groups -OCH3 is 1. The summed E-state index contributed by atoms with van der Waals surface area (Å²) in [5.74, 6) is 0.241. The minimum absolute atomic E-state index is 0.0335. The Hall–Kier alpha value is -0.240. The summed E-state index contributed by atoms with van der Waals surface area (Å²) >= 11 is 0. The fourth-order valence-corrected chi connectivity index (χ4v) is 10.1. The molecule has 28 heavy (non-hydrogen) atoms. The van der Waals surface area contributed by atoms with Crippen LogP contribution < -0.4 is 0 Å². The number of aliphatic hydroxyl groups excluding tert-OH is 3. The SMILES string of the molecule is CCN1C[C@]2(CO)CC[C@H](O)[C@]34C1[C@H](C[C@H]23)[C@@]1(O)C[C@H](OC)[C@H]2C[C@@H]4[C@@H]1[C@H]2O. The molecule has 6 heteroatoms. The molecule has 0 aromatic rings. The second kappa shape index (κ2) is 5.51. The molecule has 12 atom stereocenters. The van der Waals surface area contributed by atoms with Gasteiger partial charge >= 0.3 is 0 Å². The maximum atomic E-state index is 12.2. The minimum atomic E-state index is -0.941. The summed E-state index contributed by atoms with van der Waals surface area (Å²) in [5, 5.41) is 45.5. The van der Waals surface area contributed by atoms with Crippen LogP contribution in [0.1, 0.15) is 39.0 Å². The highest BCUT2D eigenvalue weighted by molar-refractivity contribution is 5.33. The van der Waals surface area contributed by atoms with Gasteiger partial charge in [-0.15, -0.1) is 0 Å². The van der Waals surface area contributed by atoms with Crippen molar-refractivity contribution in [1.29, 1.82) is 0 Å². The van der Waals surface area contributed by atoms with E-state index in [1.807, 2.05) is 0 Å². The van der Waals surface area contributed by atoms with E-state index >= 15 is 0 Å². The highest BCUT2D eigenvalue weighted by Gasteiger charge is 2.83. The maximum absolute atomic E-state index is 12.2. The van der Waals surface area contributed by atoms with Crippen LogP contribution in [-0.4, -0.2) is 82.1 Å². The van der Waals surface area contributed by atoms with Crippen LogP contribution in [0.5, 0.6) is 0 Å². The highest BCUT2D eigenvalue weighted by Crippen LogP contribution is 2.78. The van der Waals surface area contributed by atoms with Crippen molar-refractivity contribution in [1.82, 2.24) is 4.90 Å². The third-order valence-electron chi connectivity index (χ3n) is 10.8. The lowest BCUT2D eigenvalue weighted by Gasteiger charge is -2.69. The molecule has 1 spiro atoms. The van der Waals surface area contributed by atoms with E-state index in [0.29, 0.717) is 6.42 Å². The summed E-state index contributed by atoms with van der Waals surface area (Å²) in [5.41, 5.74) is -1.43. The second-order valence-corrected chi connectivity index (χ2v) is 11.0. The third-order valence-corrected chi connectivity index (χ3v) is 10.8.